The van der Waals surface area contributed by atoms with Gasteiger partial charge in [0, 0.05) is 15.5 Å². The van der Waals surface area contributed by atoms with Crippen molar-refractivity contribution in [2.24, 2.45) is 0 Å². The van der Waals surface area contributed by atoms with Crippen LogP contribution in [0.15, 0.2) is 52.3 Å². The van der Waals surface area contributed by atoms with Gasteiger partial charge in [0.2, 0.25) is 0 Å². The Morgan fingerprint density at radius 1 is 1.04 bits per heavy atom. The van der Waals surface area contributed by atoms with Crippen molar-refractivity contribution in [3.8, 4) is 5.75 Å². The zero-order chi connectivity index (χ0) is 18.3. The van der Waals surface area contributed by atoms with E-state index in [0.29, 0.717) is 12.4 Å². The molecule has 0 saturated heterocycles. The molecule has 2 aromatic rings. The van der Waals surface area contributed by atoms with Crippen LogP contribution in [0.25, 0.3) is 0 Å². The van der Waals surface area contributed by atoms with Crippen LogP contribution in [-0.4, -0.2) is 12.4 Å². The monoisotopic (exact) mass is 396 g/mol. The van der Waals surface area contributed by atoms with Crippen molar-refractivity contribution in [1.29, 1.82) is 0 Å². The molecular formula is C19H25O3PS2. The first-order valence-corrected chi connectivity index (χ1v) is 12.3. The third-order valence-corrected chi connectivity index (χ3v) is 8.49. The van der Waals surface area contributed by atoms with E-state index in [0.717, 1.165) is 22.6 Å². The average molecular weight is 397 g/mol. The fraction of sp³-hybridized carbons (Fsp3) is 0.368. The Morgan fingerprint density at radius 3 is 2.36 bits per heavy atom. The molecule has 0 aliphatic heterocycles. The number of aryl methyl sites for hydroxylation is 2. The smallest absolute Gasteiger partial charge is 0.417 e. The summed E-state index contributed by atoms with van der Waals surface area (Å²) in [5, 5.41) is 0. The summed E-state index contributed by atoms with van der Waals surface area (Å²) in [6, 6.07) is 14.3. The van der Waals surface area contributed by atoms with Gasteiger partial charge in [0.15, 0.2) is 0 Å². The lowest BCUT2D eigenvalue weighted by Crippen LogP contribution is -1.96. The summed E-state index contributed by atoms with van der Waals surface area (Å²) in [5.74, 6) is 1.34. The molecule has 0 amide bonds. The van der Waals surface area contributed by atoms with Crippen molar-refractivity contribution in [3.05, 3.63) is 53.6 Å². The van der Waals surface area contributed by atoms with Crippen LogP contribution in [0.2, 0.25) is 0 Å². The molecule has 0 aliphatic carbocycles. The minimum Gasteiger partial charge on any atom is -0.417 e. The van der Waals surface area contributed by atoms with Gasteiger partial charge in [-0.25, -0.2) is 4.57 Å². The molecule has 1 atom stereocenters. The normalized spacial score (nSPS) is 13.4. The van der Waals surface area contributed by atoms with Crippen LogP contribution in [0.4, 0.5) is 0 Å². The first-order chi connectivity index (χ1) is 12.0. The highest BCUT2D eigenvalue weighted by Gasteiger charge is 2.26. The van der Waals surface area contributed by atoms with Gasteiger partial charge in [-0.15, -0.1) is 0 Å². The quantitative estimate of drug-likeness (QED) is 0.422. The van der Waals surface area contributed by atoms with E-state index < -0.39 is 6.80 Å². The molecule has 136 valence electrons. The van der Waals surface area contributed by atoms with Crippen molar-refractivity contribution >= 4 is 29.9 Å². The summed E-state index contributed by atoms with van der Waals surface area (Å²) in [7, 11) is 0. The second kappa shape index (κ2) is 9.72. The lowest BCUT2D eigenvalue weighted by molar-refractivity contribution is 0.296. The van der Waals surface area contributed by atoms with Crippen molar-refractivity contribution in [2.75, 3.05) is 12.4 Å². The van der Waals surface area contributed by atoms with E-state index in [1.54, 1.807) is 11.8 Å². The summed E-state index contributed by atoms with van der Waals surface area (Å²) in [4.78, 5) is 2.35. The van der Waals surface area contributed by atoms with E-state index in [4.69, 9.17) is 9.05 Å². The Balaban J connectivity index is 2.12. The minimum atomic E-state index is -3.15. The van der Waals surface area contributed by atoms with E-state index >= 15 is 0 Å². The minimum absolute atomic E-state index is 0.369. The van der Waals surface area contributed by atoms with E-state index in [2.05, 4.69) is 31.2 Å². The maximum atomic E-state index is 12.8. The van der Waals surface area contributed by atoms with Gasteiger partial charge >= 0.3 is 6.80 Å². The molecule has 1 unspecified atom stereocenters. The summed E-state index contributed by atoms with van der Waals surface area (Å²) in [6.07, 6.45) is 0.927. The molecule has 0 aromatic heterocycles. The number of hydrogen-bond acceptors (Lipinski definition) is 5. The second-order valence-electron chi connectivity index (χ2n) is 5.63. The lowest BCUT2D eigenvalue weighted by Gasteiger charge is -2.18. The second-order valence-corrected chi connectivity index (χ2v) is 10.9. The van der Waals surface area contributed by atoms with E-state index in [-0.39, 0.29) is 0 Å². The zero-order valence-electron chi connectivity index (χ0n) is 15.2. The van der Waals surface area contributed by atoms with Gasteiger partial charge < -0.3 is 4.52 Å². The summed E-state index contributed by atoms with van der Waals surface area (Å²) >= 11 is 2.98. The fourth-order valence-corrected chi connectivity index (χ4v) is 6.44. The Bertz CT molecular complexity index is 732. The molecule has 0 bridgehead atoms. The van der Waals surface area contributed by atoms with E-state index in [9.17, 15) is 4.57 Å². The Hall–Kier alpha value is -0.870. The molecule has 0 radical (unpaired) electrons. The van der Waals surface area contributed by atoms with Gasteiger partial charge in [-0.05, 0) is 74.5 Å². The molecule has 2 aromatic carbocycles. The van der Waals surface area contributed by atoms with Gasteiger partial charge in [0.1, 0.15) is 5.75 Å². The molecule has 6 heteroatoms. The van der Waals surface area contributed by atoms with Gasteiger partial charge in [0.05, 0.1) is 6.61 Å². The topological polar surface area (TPSA) is 35.5 Å². The predicted octanol–water partition coefficient (Wildman–Crippen LogP) is 7.12. The van der Waals surface area contributed by atoms with Crippen LogP contribution in [0.5, 0.6) is 5.75 Å². The molecule has 2 rings (SSSR count). The summed E-state index contributed by atoms with van der Waals surface area (Å²) < 4.78 is 23.9. The van der Waals surface area contributed by atoms with Gasteiger partial charge in [-0.3, -0.25) is 4.52 Å². The molecule has 0 saturated carbocycles. The van der Waals surface area contributed by atoms with Crippen LogP contribution < -0.4 is 4.52 Å². The molecule has 0 spiro atoms. The van der Waals surface area contributed by atoms with Gasteiger partial charge in [-0.1, -0.05) is 36.4 Å². The lowest BCUT2D eigenvalue weighted by atomic mass is 10.2. The first-order valence-electron chi connectivity index (χ1n) is 8.39. The summed E-state index contributed by atoms with van der Waals surface area (Å²) in [6.45, 7) is 5.21. The number of hydrogen-bond donors (Lipinski definition) is 0. The molecule has 0 fully saturated rings. The highest BCUT2D eigenvalue weighted by molar-refractivity contribution is 8.55. The van der Waals surface area contributed by atoms with Crippen molar-refractivity contribution in [2.45, 2.75) is 43.9 Å². The molecular weight excluding hydrogens is 371 g/mol. The highest BCUT2D eigenvalue weighted by atomic mass is 32.7. The third kappa shape index (κ3) is 6.41. The standard InChI is InChI=1S/C19H25O3PS2/c1-5-13-24-23(20,21-6-2)22-17-9-12-19(16(4)14-17)25-18-10-7-15(3)8-11-18/h7-12,14H,5-6,13H2,1-4H3. The Labute approximate surface area is 159 Å². The van der Waals surface area contributed by atoms with Crippen LogP contribution >= 0.6 is 29.9 Å². The highest BCUT2D eigenvalue weighted by Crippen LogP contribution is 2.60. The Morgan fingerprint density at radius 2 is 1.76 bits per heavy atom. The van der Waals surface area contributed by atoms with Crippen LogP contribution in [0.3, 0.4) is 0 Å². The molecule has 25 heavy (non-hydrogen) atoms. The zero-order valence-corrected chi connectivity index (χ0v) is 17.7. The molecule has 3 nitrogen and oxygen atoms in total. The largest absolute Gasteiger partial charge is 0.440 e. The summed E-state index contributed by atoms with van der Waals surface area (Å²) in [5.41, 5.74) is 2.34. The molecule has 0 aliphatic rings. The van der Waals surface area contributed by atoms with Gasteiger partial charge in [0.25, 0.3) is 0 Å². The fourth-order valence-electron chi connectivity index (χ4n) is 2.11. The van der Waals surface area contributed by atoms with E-state index in [1.807, 2.05) is 39.0 Å². The van der Waals surface area contributed by atoms with Crippen LogP contribution in [-0.2, 0) is 9.09 Å². The number of rotatable bonds is 9. The van der Waals surface area contributed by atoms with Crippen molar-refractivity contribution in [1.82, 2.24) is 0 Å². The maximum absolute atomic E-state index is 12.8. The third-order valence-electron chi connectivity index (χ3n) is 3.35. The van der Waals surface area contributed by atoms with E-state index in [1.165, 1.54) is 21.8 Å². The van der Waals surface area contributed by atoms with Crippen molar-refractivity contribution < 1.29 is 13.6 Å². The first kappa shape index (κ1) is 20.4. The van der Waals surface area contributed by atoms with Crippen LogP contribution in [0, 0.1) is 13.8 Å². The van der Waals surface area contributed by atoms with Crippen LogP contribution in [0.1, 0.15) is 31.4 Å². The average Bonchev–Trinajstić information content (AvgIpc) is 2.58. The predicted molar refractivity (Wildman–Crippen MR) is 109 cm³/mol. The molecule has 0 heterocycles. The number of benzene rings is 2. The maximum Gasteiger partial charge on any atom is 0.440 e. The SMILES string of the molecule is CCCSP(=O)(OCC)Oc1ccc(Sc2ccc(C)cc2)c(C)c1. The Kier molecular flexibility index (Phi) is 7.95. The van der Waals surface area contributed by atoms with Crippen molar-refractivity contribution in [3.63, 3.8) is 0 Å². The van der Waals surface area contributed by atoms with Gasteiger partial charge in [-0.2, -0.15) is 0 Å². The molecule has 0 N–H and O–H groups in total.